The molecule has 0 spiro atoms. The molecule has 4 unspecified atom stereocenters. The number of aromatic nitrogens is 1. The number of amides is 3. The lowest BCUT2D eigenvalue weighted by atomic mass is 10.0. The number of carboxylic acid groups (broad SMARTS) is 2. The molecule has 0 bridgehead atoms. The molecule has 0 aliphatic rings. The maximum Gasteiger partial charge on any atom is 0.328 e. The highest BCUT2D eigenvalue weighted by molar-refractivity contribution is 5.95. The second kappa shape index (κ2) is 14.6. The largest absolute Gasteiger partial charge is 0.481 e. The molecule has 0 saturated heterocycles. The Bertz CT molecular complexity index is 1380. The predicted molar refractivity (Wildman–Crippen MR) is 148 cm³/mol. The van der Waals surface area contributed by atoms with Crippen LogP contribution < -0.4 is 21.7 Å². The van der Waals surface area contributed by atoms with Crippen molar-refractivity contribution in [3.8, 4) is 0 Å². The van der Waals surface area contributed by atoms with Crippen LogP contribution >= 0.6 is 0 Å². The first-order valence-electron chi connectivity index (χ1n) is 12.9. The maximum absolute atomic E-state index is 13.6. The number of carbonyl (C=O) groups is 5. The van der Waals surface area contributed by atoms with Crippen molar-refractivity contribution >= 4 is 40.6 Å². The number of fused-ring (bicyclic) bond motifs is 1. The van der Waals surface area contributed by atoms with Gasteiger partial charge in [0.15, 0.2) is 0 Å². The maximum atomic E-state index is 13.6. The molecule has 1 aromatic heterocycles. The summed E-state index contributed by atoms with van der Waals surface area (Å²) in [5.74, 6) is -4.93. The first-order chi connectivity index (χ1) is 19.6. The summed E-state index contributed by atoms with van der Waals surface area (Å²) in [4.78, 5) is 64.9. The Labute approximate surface area is 235 Å². The van der Waals surface area contributed by atoms with Crippen molar-refractivity contribution in [1.29, 1.82) is 0 Å². The summed E-state index contributed by atoms with van der Waals surface area (Å²) in [6.45, 7) is -0.865. The van der Waals surface area contributed by atoms with Crippen LogP contribution in [0, 0.1) is 0 Å². The fourth-order valence-electron chi connectivity index (χ4n) is 4.21. The third-order valence-corrected chi connectivity index (χ3v) is 6.45. The molecule has 0 aliphatic heterocycles. The minimum absolute atomic E-state index is 0.0277. The standard InChI is InChI=1S/C28H33N5O8/c29-19(10-11-24(35)36)25(37)31-21(12-16-6-2-1-3-7-16)26(38)32-22(27(39)33-23(15-34)28(40)41)13-17-14-30-20-9-5-4-8-18(17)20/h1-9,14,19,21-23,30,34H,10-13,15,29H2,(H,31,37)(H,32,38)(H,33,39)(H,35,36)(H,40,41). The zero-order chi connectivity index (χ0) is 29.9. The van der Waals surface area contributed by atoms with E-state index in [1.165, 1.54) is 0 Å². The average Bonchev–Trinajstić information content (AvgIpc) is 3.36. The predicted octanol–water partition coefficient (Wildman–Crippen LogP) is -0.323. The zero-order valence-corrected chi connectivity index (χ0v) is 22.1. The Morgan fingerprint density at radius 1 is 0.780 bits per heavy atom. The highest BCUT2D eigenvalue weighted by Crippen LogP contribution is 2.19. The summed E-state index contributed by atoms with van der Waals surface area (Å²) in [6, 6.07) is 10.8. The molecule has 41 heavy (non-hydrogen) atoms. The Kier molecular flexibility index (Phi) is 11.0. The first kappa shape index (κ1) is 30.8. The van der Waals surface area contributed by atoms with Gasteiger partial charge in [0.25, 0.3) is 0 Å². The number of aromatic amines is 1. The van der Waals surface area contributed by atoms with Gasteiger partial charge in [-0.1, -0.05) is 48.5 Å². The van der Waals surface area contributed by atoms with Gasteiger partial charge in [-0.15, -0.1) is 0 Å². The van der Waals surface area contributed by atoms with Crippen LogP contribution in [0.4, 0.5) is 0 Å². The van der Waals surface area contributed by atoms with E-state index in [-0.39, 0.29) is 25.7 Å². The number of nitrogens with one attached hydrogen (secondary N) is 4. The first-order valence-corrected chi connectivity index (χ1v) is 12.9. The van der Waals surface area contributed by atoms with Crippen LogP contribution in [0.1, 0.15) is 24.0 Å². The Morgan fingerprint density at radius 2 is 1.37 bits per heavy atom. The van der Waals surface area contributed by atoms with Crippen molar-refractivity contribution in [3.63, 3.8) is 0 Å². The summed E-state index contributed by atoms with van der Waals surface area (Å²) in [7, 11) is 0. The molecule has 3 amide bonds. The van der Waals surface area contributed by atoms with Gasteiger partial charge in [-0.2, -0.15) is 0 Å². The van der Waals surface area contributed by atoms with Crippen LogP contribution in [0.15, 0.2) is 60.8 Å². The number of para-hydroxylation sites is 1. The molecule has 0 radical (unpaired) electrons. The summed E-state index contributed by atoms with van der Waals surface area (Å²) in [5, 5.41) is 35.8. The Balaban J connectivity index is 1.86. The number of hydrogen-bond donors (Lipinski definition) is 8. The molecule has 2 aromatic carbocycles. The number of carbonyl (C=O) groups excluding carboxylic acids is 3. The van der Waals surface area contributed by atoms with E-state index in [0.717, 1.165) is 10.9 Å². The van der Waals surface area contributed by atoms with Crippen molar-refractivity contribution in [2.75, 3.05) is 6.61 Å². The van der Waals surface area contributed by atoms with Gasteiger partial charge < -0.3 is 42.0 Å². The third kappa shape index (κ3) is 8.88. The van der Waals surface area contributed by atoms with E-state index < -0.39 is 60.4 Å². The molecule has 0 saturated carbocycles. The molecule has 4 atom stereocenters. The number of H-pyrrole nitrogens is 1. The van der Waals surface area contributed by atoms with Crippen molar-refractivity contribution < 1.29 is 39.3 Å². The number of carboxylic acids is 2. The number of benzene rings is 2. The van der Waals surface area contributed by atoms with Crippen molar-refractivity contribution in [3.05, 3.63) is 71.9 Å². The fraction of sp³-hybridized carbons (Fsp3) is 0.321. The molecular weight excluding hydrogens is 534 g/mol. The lowest BCUT2D eigenvalue weighted by Crippen LogP contribution is -2.58. The van der Waals surface area contributed by atoms with Crippen molar-refractivity contribution in [1.82, 2.24) is 20.9 Å². The quantitative estimate of drug-likeness (QED) is 0.120. The summed E-state index contributed by atoms with van der Waals surface area (Å²) in [6.07, 6.45) is 1.17. The van der Waals surface area contributed by atoms with E-state index in [9.17, 15) is 34.2 Å². The van der Waals surface area contributed by atoms with Gasteiger partial charge in [-0.3, -0.25) is 19.2 Å². The second-order valence-electron chi connectivity index (χ2n) is 9.50. The van der Waals surface area contributed by atoms with Gasteiger partial charge in [0.2, 0.25) is 17.7 Å². The smallest absolute Gasteiger partial charge is 0.328 e. The monoisotopic (exact) mass is 567 g/mol. The SMILES string of the molecule is NC(CCC(=O)O)C(=O)NC(Cc1ccccc1)C(=O)NC(Cc1c[nH]c2ccccc12)C(=O)NC(CO)C(=O)O. The number of aliphatic hydroxyl groups excluding tert-OH is 1. The van der Waals surface area contributed by atoms with Gasteiger partial charge in [0, 0.05) is 36.4 Å². The van der Waals surface area contributed by atoms with Crippen LogP contribution in [-0.4, -0.2) is 80.7 Å². The molecule has 0 fully saturated rings. The van der Waals surface area contributed by atoms with Crippen molar-refractivity contribution in [2.24, 2.45) is 5.73 Å². The summed E-state index contributed by atoms with van der Waals surface area (Å²) < 4.78 is 0. The topological polar surface area (TPSA) is 224 Å². The zero-order valence-electron chi connectivity index (χ0n) is 22.1. The highest BCUT2D eigenvalue weighted by Gasteiger charge is 2.31. The molecule has 0 aliphatic carbocycles. The lowest BCUT2D eigenvalue weighted by molar-refractivity contribution is -0.143. The number of rotatable bonds is 15. The van der Waals surface area contributed by atoms with Crippen LogP contribution in [-0.2, 0) is 36.8 Å². The fourth-order valence-corrected chi connectivity index (χ4v) is 4.21. The van der Waals surface area contributed by atoms with E-state index in [1.54, 1.807) is 42.6 Å². The average molecular weight is 568 g/mol. The van der Waals surface area contributed by atoms with E-state index in [0.29, 0.717) is 11.1 Å². The second-order valence-corrected chi connectivity index (χ2v) is 9.50. The van der Waals surface area contributed by atoms with E-state index in [4.69, 9.17) is 10.8 Å². The van der Waals surface area contributed by atoms with E-state index >= 15 is 0 Å². The Morgan fingerprint density at radius 3 is 2.00 bits per heavy atom. The molecule has 13 heteroatoms. The summed E-state index contributed by atoms with van der Waals surface area (Å²) in [5.41, 5.74) is 7.99. The van der Waals surface area contributed by atoms with Crippen molar-refractivity contribution in [2.45, 2.75) is 49.9 Å². The lowest BCUT2D eigenvalue weighted by Gasteiger charge is -2.25. The molecule has 1 heterocycles. The molecule has 3 aromatic rings. The normalized spacial score (nSPS) is 13.9. The minimum atomic E-state index is -1.60. The van der Waals surface area contributed by atoms with Gasteiger partial charge in [0.05, 0.1) is 12.6 Å². The number of nitrogens with two attached hydrogens (primary N) is 1. The molecule has 218 valence electrons. The molecule has 13 nitrogen and oxygen atoms in total. The third-order valence-electron chi connectivity index (χ3n) is 6.45. The van der Waals surface area contributed by atoms with Gasteiger partial charge in [0.1, 0.15) is 18.1 Å². The number of aliphatic carboxylic acids is 2. The molecule has 3 rings (SSSR count). The molecule has 9 N–H and O–H groups in total. The summed E-state index contributed by atoms with van der Waals surface area (Å²) >= 11 is 0. The van der Waals surface area contributed by atoms with Crippen LogP contribution in [0.3, 0.4) is 0 Å². The minimum Gasteiger partial charge on any atom is -0.481 e. The number of hydrogen-bond acceptors (Lipinski definition) is 7. The van der Waals surface area contributed by atoms with E-state index in [2.05, 4.69) is 20.9 Å². The highest BCUT2D eigenvalue weighted by atomic mass is 16.4. The van der Waals surface area contributed by atoms with Gasteiger partial charge in [-0.25, -0.2) is 4.79 Å². The van der Waals surface area contributed by atoms with E-state index in [1.807, 2.05) is 18.2 Å². The van der Waals surface area contributed by atoms with Crippen LogP contribution in [0.2, 0.25) is 0 Å². The Hall–Kier alpha value is -4.75. The van der Waals surface area contributed by atoms with Gasteiger partial charge in [-0.05, 0) is 23.6 Å². The van der Waals surface area contributed by atoms with Crippen LogP contribution in [0.5, 0.6) is 0 Å². The van der Waals surface area contributed by atoms with Gasteiger partial charge >= 0.3 is 11.9 Å². The van der Waals surface area contributed by atoms with Crippen LogP contribution in [0.25, 0.3) is 10.9 Å². The molecular formula is C28H33N5O8. The number of aliphatic hydroxyl groups is 1.